The minimum atomic E-state index is -0.171. The number of rotatable bonds is 3. The van der Waals surface area contributed by atoms with Crippen LogP contribution in [0.2, 0.25) is 5.02 Å². The molecule has 0 aliphatic heterocycles. The molecule has 0 fully saturated rings. The van der Waals surface area contributed by atoms with Crippen LogP contribution in [0.1, 0.15) is 37.5 Å². The number of nitrogens with one attached hydrogen (secondary N) is 1. The van der Waals surface area contributed by atoms with Crippen LogP contribution in [0.4, 0.5) is 5.69 Å². The molecule has 2 aromatic carbocycles. The Morgan fingerprint density at radius 1 is 1.09 bits per heavy atom. The molecule has 0 heterocycles. The van der Waals surface area contributed by atoms with Crippen LogP contribution in [0.5, 0.6) is 0 Å². The number of hydrogen-bond acceptors (Lipinski definition) is 1. The van der Waals surface area contributed by atoms with E-state index in [-0.39, 0.29) is 11.3 Å². The van der Waals surface area contributed by atoms with Crippen molar-refractivity contribution >= 4 is 29.3 Å². The average molecular weight is 328 g/mol. The van der Waals surface area contributed by atoms with Crippen LogP contribution in [-0.4, -0.2) is 5.91 Å². The van der Waals surface area contributed by atoms with Gasteiger partial charge in [0.2, 0.25) is 5.91 Å². The summed E-state index contributed by atoms with van der Waals surface area (Å²) in [7, 11) is 0. The summed E-state index contributed by atoms with van der Waals surface area (Å²) in [6, 6.07) is 13.7. The predicted octanol–water partition coefficient (Wildman–Crippen LogP) is 5.60. The van der Waals surface area contributed by atoms with Crippen LogP contribution in [0, 0.1) is 6.92 Å². The highest BCUT2D eigenvalue weighted by Gasteiger charge is 2.12. The maximum atomic E-state index is 12.0. The van der Waals surface area contributed by atoms with Crippen molar-refractivity contribution in [3.63, 3.8) is 0 Å². The molecule has 1 N–H and O–H groups in total. The molecule has 2 rings (SSSR count). The third-order valence-electron chi connectivity index (χ3n) is 3.73. The van der Waals surface area contributed by atoms with Gasteiger partial charge in [0.25, 0.3) is 0 Å². The van der Waals surface area contributed by atoms with Gasteiger partial charge in [0.15, 0.2) is 0 Å². The zero-order chi connectivity index (χ0) is 17.0. The first-order chi connectivity index (χ1) is 10.8. The Bertz CT molecular complexity index is 724. The minimum absolute atomic E-state index is 0.129. The average Bonchev–Trinajstić information content (AvgIpc) is 2.49. The Balaban J connectivity index is 2.05. The van der Waals surface area contributed by atoms with Crippen molar-refractivity contribution < 1.29 is 4.79 Å². The number of hydrogen-bond donors (Lipinski definition) is 1. The van der Waals surface area contributed by atoms with Gasteiger partial charge in [0, 0.05) is 16.8 Å². The number of benzene rings is 2. The third kappa shape index (κ3) is 4.70. The Kier molecular flexibility index (Phi) is 5.27. The fourth-order valence-electron chi connectivity index (χ4n) is 2.18. The first-order valence-electron chi connectivity index (χ1n) is 7.62. The van der Waals surface area contributed by atoms with E-state index in [0.717, 1.165) is 16.8 Å². The van der Waals surface area contributed by atoms with Crippen LogP contribution < -0.4 is 5.32 Å². The van der Waals surface area contributed by atoms with E-state index in [1.807, 2.05) is 37.3 Å². The molecule has 0 radical (unpaired) electrons. The van der Waals surface area contributed by atoms with E-state index in [1.165, 1.54) is 11.6 Å². The topological polar surface area (TPSA) is 29.1 Å². The van der Waals surface area contributed by atoms with Gasteiger partial charge in [-0.3, -0.25) is 4.79 Å². The molecule has 0 unspecified atom stereocenters. The molecule has 3 heteroatoms. The SMILES string of the molecule is Cc1c(Cl)cccc1NC(=O)/C=C/c1ccc(C(C)(C)C)cc1. The van der Waals surface area contributed by atoms with E-state index in [0.29, 0.717) is 5.02 Å². The monoisotopic (exact) mass is 327 g/mol. The molecule has 23 heavy (non-hydrogen) atoms. The van der Waals surface area contributed by atoms with Crippen molar-refractivity contribution in [2.75, 3.05) is 5.32 Å². The normalized spacial score (nSPS) is 11.7. The smallest absolute Gasteiger partial charge is 0.248 e. The molecule has 120 valence electrons. The third-order valence-corrected chi connectivity index (χ3v) is 4.14. The van der Waals surface area contributed by atoms with E-state index < -0.39 is 0 Å². The van der Waals surface area contributed by atoms with Crippen molar-refractivity contribution in [3.8, 4) is 0 Å². The summed E-state index contributed by atoms with van der Waals surface area (Å²) in [4.78, 5) is 12.0. The van der Waals surface area contributed by atoms with Crippen LogP contribution in [0.15, 0.2) is 48.5 Å². The summed E-state index contributed by atoms with van der Waals surface area (Å²) in [5.74, 6) is -0.171. The summed E-state index contributed by atoms with van der Waals surface area (Å²) in [5, 5.41) is 3.49. The van der Waals surface area contributed by atoms with Crippen LogP contribution in [0.25, 0.3) is 6.08 Å². The first kappa shape index (κ1) is 17.3. The molecular weight excluding hydrogens is 306 g/mol. The highest BCUT2D eigenvalue weighted by molar-refractivity contribution is 6.31. The molecule has 2 aromatic rings. The van der Waals surface area contributed by atoms with Crippen molar-refractivity contribution in [1.82, 2.24) is 0 Å². The van der Waals surface area contributed by atoms with Gasteiger partial charge >= 0.3 is 0 Å². The molecule has 0 aliphatic carbocycles. The second kappa shape index (κ2) is 7.01. The van der Waals surface area contributed by atoms with Gasteiger partial charge < -0.3 is 5.32 Å². The molecular formula is C20H22ClNO. The maximum absolute atomic E-state index is 12.0. The van der Waals surface area contributed by atoms with Crippen molar-refractivity contribution in [2.24, 2.45) is 0 Å². The lowest BCUT2D eigenvalue weighted by Crippen LogP contribution is -2.10. The molecule has 0 aliphatic rings. The largest absolute Gasteiger partial charge is 0.322 e. The first-order valence-corrected chi connectivity index (χ1v) is 8.00. The number of carbonyl (C=O) groups excluding carboxylic acids is 1. The molecule has 1 amide bonds. The number of halogens is 1. The second-order valence-corrected chi connectivity index (χ2v) is 7.01. The second-order valence-electron chi connectivity index (χ2n) is 6.61. The fraction of sp³-hybridized carbons (Fsp3) is 0.250. The zero-order valence-corrected chi connectivity index (χ0v) is 14.7. The Morgan fingerprint density at radius 2 is 1.74 bits per heavy atom. The number of amides is 1. The van der Waals surface area contributed by atoms with Crippen molar-refractivity contribution in [3.05, 3.63) is 70.3 Å². The predicted molar refractivity (Wildman–Crippen MR) is 99.0 cm³/mol. The van der Waals surface area contributed by atoms with E-state index >= 15 is 0 Å². The quantitative estimate of drug-likeness (QED) is 0.731. The van der Waals surface area contributed by atoms with Crippen molar-refractivity contribution in [2.45, 2.75) is 33.1 Å². The van der Waals surface area contributed by atoms with Gasteiger partial charge in [-0.2, -0.15) is 0 Å². The number of anilines is 1. The molecule has 2 nitrogen and oxygen atoms in total. The van der Waals surface area contributed by atoms with Crippen LogP contribution >= 0.6 is 11.6 Å². The molecule has 0 saturated carbocycles. The lowest BCUT2D eigenvalue weighted by molar-refractivity contribution is -0.111. The Labute approximate surface area is 143 Å². The summed E-state index contributed by atoms with van der Waals surface area (Å²) in [6.07, 6.45) is 3.34. The van der Waals surface area contributed by atoms with Gasteiger partial charge in [-0.1, -0.05) is 62.7 Å². The summed E-state index contributed by atoms with van der Waals surface area (Å²) in [5.41, 5.74) is 3.99. The minimum Gasteiger partial charge on any atom is -0.322 e. The van der Waals surface area contributed by atoms with Gasteiger partial charge in [0.05, 0.1) is 0 Å². The van der Waals surface area contributed by atoms with E-state index in [4.69, 9.17) is 11.6 Å². The van der Waals surface area contributed by atoms with Gasteiger partial charge in [-0.15, -0.1) is 0 Å². The summed E-state index contributed by atoms with van der Waals surface area (Å²) in [6.45, 7) is 8.42. The van der Waals surface area contributed by atoms with Gasteiger partial charge in [-0.05, 0) is 47.2 Å². The van der Waals surface area contributed by atoms with Crippen molar-refractivity contribution in [1.29, 1.82) is 0 Å². The highest BCUT2D eigenvalue weighted by atomic mass is 35.5. The Morgan fingerprint density at radius 3 is 2.35 bits per heavy atom. The molecule has 0 aromatic heterocycles. The lowest BCUT2D eigenvalue weighted by atomic mass is 9.87. The maximum Gasteiger partial charge on any atom is 0.248 e. The zero-order valence-electron chi connectivity index (χ0n) is 14.0. The van der Waals surface area contributed by atoms with Gasteiger partial charge in [0.1, 0.15) is 0 Å². The fourth-order valence-corrected chi connectivity index (χ4v) is 2.36. The Hall–Kier alpha value is -2.06. The number of carbonyl (C=O) groups is 1. The van der Waals surface area contributed by atoms with Gasteiger partial charge in [-0.25, -0.2) is 0 Å². The lowest BCUT2D eigenvalue weighted by Gasteiger charge is -2.18. The highest BCUT2D eigenvalue weighted by Crippen LogP contribution is 2.23. The summed E-state index contributed by atoms with van der Waals surface area (Å²) < 4.78 is 0. The van der Waals surface area contributed by atoms with E-state index in [9.17, 15) is 4.79 Å². The molecule has 0 saturated heterocycles. The molecule has 0 bridgehead atoms. The van der Waals surface area contributed by atoms with Crippen LogP contribution in [-0.2, 0) is 10.2 Å². The molecule has 0 spiro atoms. The standard InChI is InChI=1S/C20H22ClNO/c1-14-17(21)6-5-7-18(14)22-19(23)13-10-15-8-11-16(12-9-15)20(2,3)4/h5-13H,1-4H3,(H,22,23)/b13-10+. The van der Waals surface area contributed by atoms with E-state index in [1.54, 1.807) is 6.07 Å². The summed E-state index contributed by atoms with van der Waals surface area (Å²) >= 11 is 6.05. The van der Waals surface area contributed by atoms with E-state index in [2.05, 4.69) is 38.2 Å². The van der Waals surface area contributed by atoms with Crippen LogP contribution in [0.3, 0.4) is 0 Å². The molecule has 0 atom stereocenters.